The molecule has 0 aliphatic heterocycles. The summed E-state index contributed by atoms with van der Waals surface area (Å²) in [5, 5.41) is 4.15. The van der Waals surface area contributed by atoms with Gasteiger partial charge in [0.1, 0.15) is 0 Å². The van der Waals surface area contributed by atoms with Gasteiger partial charge in [-0.3, -0.25) is 0 Å². The first kappa shape index (κ1) is 9.86. The molecule has 0 spiro atoms. The van der Waals surface area contributed by atoms with Crippen LogP contribution in [0.15, 0.2) is 33.6 Å². The van der Waals surface area contributed by atoms with E-state index in [1.165, 1.54) is 0 Å². The van der Waals surface area contributed by atoms with Crippen molar-refractivity contribution in [2.45, 2.75) is 6.92 Å². The number of aryl methyl sites for hydroxylation is 1. The minimum atomic E-state index is 0.793. The highest BCUT2D eigenvalue weighted by atomic mass is 79.9. The number of hydrogen-bond acceptors (Lipinski definition) is 2. The van der Waals surface area contributed by atoms with Gasteiger partial charge in [-0.05, 0) is 50.4 Å². The van der Waals surface area contributed by atoms with Crippen LogP contribution in [0.4, 0.5) is 0 Å². The Hall–Kier alpha value is -0.680. The first-order valence-corrected chi connectivity index (χ1v) is 5.58. The number of hydrogen-bond donors (Lipinski definition) is 0. The Morgan fingerprint density at radius 3 is 2.64 bits per heavy atom. The zero-order valence-electron chi connectivity index (χ0n) is 7.41. The lowest BCUT2D eigenvalue weighted by Crippen LogP contribution is -1.99. The quantitative estimate of drug-likeness (QED) is 0.809. The van der Waals surface area contributed by atoms with Gasteiger partial charge in [-0.25, -0.2) is 9.67 Å². The van der Waals surface area contributed by atoms with Gasteiger partial charge in [-0.1, -0.05) is 0 Å². The lowest BCUT2D eigenvalue weighted by Gasteiger charge is -2.03. The second-order valence-corrected chi connectivity index (χ2v) is 4.69. The van der Waals surface area contributed by atoms with Crippen molar-refractivity contribution in [1.29, 1.82) is 0 Å². The van der Waals surface area contributed by atoms with Gasteiger partial charge in [0.25, 0.3) is 0 Å². The third-order valence-corrected chi connectivity index (χ3v) is 2.72. The molecule has 72 valence electrons. The first-order valence-electron chi connectivity index (χ1n) is 3.99. The van der Waals surface area contributed by atoms with E-state index in [4.69, 9.17) is 0 Å². The SMILES string of the molecule is Cc1cnc(-n2cc(Br)cn2)c(Br)c1. The smallest absolute Gasteiger partial charge is 0.167 e. The Kier molecular flexibility index (Phi) is 2.69. The summed E-state index contributed by atoms with van der Waals surface area (Å²) in [5.41, 5.74) is 1.12. The number of rotatable bonds is 1. The monoisotopic (exact) mass is 315 g/mol. The van der Waals surface area contributed by atoms with Gasteiger partial charge < -0.3 is 0 Å². The highest BCUT2D eigenvalue weighted by molar-refractivity contribution is 9.10. The van der Waals surface area contributed by atoms with Crippen LogP contribution in [0.5, 0.6) is 0 Å². The molecule has 2 aromatic rings. The van der Waals surface area contributed by atoms with Crippen molar-refractivity contribution in [2.24, 2.45) is 0 Å². The Labute approximate surface area is 98.4 Å². The van der Waals surface area contributed by atoms with Crippen LogP contribution >= 0.6 is 31.9 Å². The molecule has 5 heteroatoms. The molecule has 0 radical (unpaired) electrons. The van der Waals surface area contributed by atoms with E-state index in [9.17, 15) is 0 Å². The van der Waals surface area contributed by atoms with E-state index in [0.29, 0.717) is 0 Å². The van der Waals surface area contributed by atoms with Crippen molar-refractivity contribution >= 4 is 31.9 Å². The van der Waals surface area contributed by atoms with Gasteiger partial charge >= 0.3 is 0 Å². The summed E-state index contributed by atoms with van der Waals surface area (Å²) in [5.74, 6) is 0.793. The van der Waals surface area contributed by atoms with E-state index in [0.717, 1.165) is 20.3 Å². The zero-order chi connectivity index (χ0) is 10.1. The molecule has 0 amide bonds. The minimum absolute atomic E-state index is 0.793. The van der Waals surface area contributed by atoms with Gasteiger partial charge in [0, 0.05) is 12.4 Å². The molecule has 0 saturated heterocycles. The third-order valence-electron chi connectivity index (χ3n) is 1.73. The second kappa shape index (κ2) is 3.82. The fraction of sp³-hybridized carbons (Fsp3) is 0.111. The van der Waals surface area contributed by atoms with E-state index in [1.54, 1.807) is 10.9 Å². The van der Waals surface area contributed by atoms with Crippen LogP contribution in [0.2, 0.25) is 0 Å². The summed E-state index contributed by atoms with van der Waals surface area (Å²) in [7, 11) is 0. The van der Waals surface area contributed by atoms with E-state index in [2.05, 4.69) is 41.9 Å². The highest BCUT2D eigenvalue weighted by Crippen LogP contribution is 2.20. The van der Waals surface area contributed by atoms with Crippen LogP contribution in [0, 0.1) is 6.92 Å². The Bertz CT molecular complexity index is 465. The molecule has 0 aliphatic rings. The lowest BCUT2D eigenvalue weighted by molar-refractivity contribution is 0.840. The fourth-order valence-corrected chi connectivity index (χ4v) is 2.04. The molecule has 0 aliphatic carbocycles. The average Bonchev–Trinajstić information content (AvgIpc) is 2.51. The maximum absolute atomic E-state index is 4.29. The maximum atomic E-state index is 4.29. The minimum Gasteiger partial charge on any atom is -0.236 e. The Morgan fingerprint density at radius 1 is 1.29 bits per heavy atom. The van der Waals surface area contributed by atoms with Gasteiger partial charge in [-0.2, -0.15) is 5.10 Å². The van der Waals surface area contributed by atoms with Crippen LogP contribution in [0.25, 0.3) is 5.82 Å². The normalized spacial score (nSPS) is 10.5. The molecule has 0 aromatic carbocycles. The standard InChI is InChI=1S/C9H7Br2N3/c1-6-2-8(11)9(12-3-6)14-5-7(10)4-13-14/h2-5H,1H3. The summed E-state index contributed by atoms with van der Waals surface area (Å²) < 4.78 is 3.59. The molecule has 0 unspecified atom stereocenters. The summed E-state index contributed by atoms with van der Waals surface area (Å²) in [6.07, 6.45) is 5.41. The maximum Gasteiger partial charge on any atom is 0.167 e. The number of nitrogens with zero attached hydrogens (tertiary/aromatic N) is 3. The molecule has 2 aromatic heterocycles. The molecule has 0 saturated carbocycles. The molecular weight excluding hydrogens is 310 g/mol. The van der Waals surface area contributed by atoms with Gasteiger partial charge in [0.15, 0.2) is 5.82 Å². The molecular formula is C9H7Br2N3. The van der Waals surface area contributed by atoms with Crippen molar-refractivity contribution in [3.63, 3.8) is 0 Å². The average molecular weight is 317 g/mol. The number of pyridine rings is 1. The summed E-state index contributed by atoms with van der Waals surface area (Å²) in [4.78, 5) is 4.29. The molecule has 0 N–H and O–H groups in total. The van der Waals surface area contributed by atoms with Crippen molar-refractivity contribution in [1.82, 2.24) is 14.8 Å². The van der Waals surface area contributed by atoms with Crippen molar-refractivity contribution in [3.05, 3.63) is 39.2 Å². The molecule has 0 bridgehead atoms. The predicted octanol–water partition coefficient (Wildman–Crippen LogP) is 3.10. The zero-order valence-corrected chi connectivity index (χ0v) is 10.6. The van der Waals surface area contributed by atoms with Gasteiger partial charge in [0.2, 0.25) is 0 Å². The topological polar surface area (TPSA) is 30.7 Å². The van der Waals surface area contributed by atoms with Crippen LogP contribution in [-0.4, -0.2) is 14.8 Å². The number of aromatic nitrogens is 3. The second-order valence-electron chi connectivity index (χ2n) is 2.92. The molecule has 3 nitrogen and oxygen atoms in total. The van der Waals surface area contributed by atoms with Gasteiger partial charge in [0.05, 0.1) is 15.1 Å². The first-order chi connectivity index (χ1) is 6.66. The molecule has 2 rings (SSSR count). The van der Waals surface area contributed by atoms with Crippen LogP contribution in [-0.2, 0) is 0 Å². The summed E-state index contributed by atoms with van der Waals surface area (Å²) in [6.45, 7) is 2.00. The molecule has 0 fully saturated rings. The third kappa shape index (κ3) is 1.88. The van der Waals surface area contributed by atoms with E-state index >= 15 is 0 Å². The van der Waals surface area contributed by atoms with Crippen molar-refractivity contribution in [3.8, 4) is 5.82 Å². The van der Waals surface area contributed by atoms with Crippen molar-refractivity contribution < 1.29 is 0 Å². The molecule has 2 heterocycles. The summed E-state index contributed by atoms with van der Waals surface area (Å²) in [6, 6.07) is 2.01. The van der Waals surface area contributed by atoms with Gasteiger partial charge in [-0.15, -0.1) is 0 Å². The lowest BCUT2D eigenvalue weighted by atomic mass is 10.3. The predicted molar refractivity (Wildman–Crippen MR) is 61.5 cm³/mol. The van der Waals surface area contributed by atoms with E-state index < -0.39 is 0 Å². The summed E-state index contributed by atoms with van der Waals surface area (Å²) >= 11 is 6.80. The molecule has 14 heavy (non-hydrogen) atoms. The van der Waals surface area contributed by atoms with E-state index in [-0.39, 0.29) is 0 Å². The van der Waals surface area contributed by atoms with Crippen LogP contribution in [0.1, 0.15) is 5.56 Å². The van der Waals surface area contributed by atoms with Crippen LogP contribution in [0.3, 0.4) is 0 Å². The fourth-order valence-electron chi connectivity index (χ4n) is 1.11. The van der Waals surface area contributed by atoms with E-state index in [1.807, 2.05) is 25.4 Å². The molecule has 0 atom stereocenters. The van der Waals surface area contributed by atoms with Crippen LogP contribution < -0.4 is 0 Å². The van der Waals surface area contributed by atoms with Crippen molar-refractivity contribution in [2.75, 3.05) is 0 Å². The number of halogens is 2. The Morgan fingerprint density at radius 2 is 2.07 bits per heavy atom. The largest absolute Gasteiger partial charge is 0.236 e. The Balaban J connectivity index is 2.52. The highest BCUT2D eigenvalue weighted by Gasteiger charge is 2.05.